The highest BCUT2D eigenvalue weighted by molar-refractivity contribution is 5.77. The largest absolute Gasteiger partial charge is 0.408 e. The topological polar surface area (TPSA) is 38.3 Å². The number of hydrogen-bond acceptors (Lipinski definition) is 2. The Balaban J connectivity index is 4.13. The van der Waals surface area contributed by atoms with E-state index in [1.807, 2.05) is 5.32 Å². The molecule has 96 valence electrons. The number of nitrogens with one attached hydrogen (secondary N) is 1. The van der Waals surface area contributed by atoms with Crippen LogP contribution < -0.4 is 5.32 Å². The molecule has 3 nitrogen and oxygen atoms in total. The van der Waals surface area contributed by atoms with Gasteiger partial charge in [0.2, 0.25) is 5.91 Å². The molecule has 0 saturated carbocycles. The number of amides is 1. The van der Waals surface area contributed by atoms with Gasteiger partial charge in [-0.1, -0.05) is 6.92 Å². The molecule has 0 rings (SSSR count). The summed E-state index contributed by atoms with van der Waals surface area (Å²) in [7, 11) is 0. The van der Waals surface area contributed by atoms with Gasteiger partial charge in [-0.15, -0.1) is 0 Å². The summed E-state index contributed by atoms with van der Waals surface area (Å²) in [6, 6.07) is -1.80. The van der Waals surface area contributed by atoms with Crippen LogP contribution in [0.4, 0.5) is 13.2 Å². The predicted octanol–water partition coefficient (Wildman–Crippen LogP) is 2.26. The van der Waals surface area contributed by atoms with Crippen molar-refractivity contribution in [3.05, 3.63) is 0 Å². The van der Waals surface area contributed by atoms with Crippen molar-refractivity contribution in [2.45, 2.75) is 51.9 Å². The number of alkyl halides is 3. The summed E-state index contributed by atoms with van der Waals surface area (Å²) in [6.45, 7) is 6.17. The Kier molecular flexibility index (Phi) is 5.25. The first kappa shape index (κ1) is 15.2. The van der Waals surface area contributed by atoms with Crippen LogP contribution in [0.5, 0.6) is 0 Å². The minimum atomic E-state index is -4.41. The van der Waals surface area contributed by atoms with Gasteiger partial charge in [0, 0.05) is 0 Å². The van der Waals surface area contributed by atoms with Gasteiger partial charge in [-0.3, -0.25) is 4.79 Å². The van der Waals surface area contributed by atoms with Crippen LogP contribution in [-0.2, 0) is 9.53 Å². The van der Waals surface area contributed by atoms with E-state index in [4.69, 9.17) is 4.74 Å². The first-order valence-corrected chi connectivity index (χ1v) is 5.06. The zero-order valence-corrected chi connectivity index (χ0v) is 9.94. The molecule has 0 saturated heterocycles. The van der Waals surface area contributed by atoms with Crippen molar-refractivity contribution in [3.8, 4) is 0 Å². The molecule has 0 aromatic carbocycles. The maximum atomic E-state index is 12.3. The molecule has 0 aliphatic heterocycles. The molecule has 1 N–H and O–H groups in total. The highest BCUT2D eigenvalue weighted by atomic mass is 19.4. The molecule has 0 aliphatic carbocycles. The van der Waals surface area contributed by atoms with Gasteiger partial charge in [-0.25, -0.2) is 0 Å². The van der Waals surface area contributed by atoms with Gasteiger partial charge in [0.15, 0.2) is 0 Å². The number of carbonyl (C=O) groups is 1. The summed E-state index contributed by atoms with van der Waals surface area (Å²) < 4.78 is 42.0. The molecule has 16 heavy (non-hydrogen) atoms. The van der Waals surface area contributed by atoms with Crippen LogP contribution in [0.15, 0.2) is 0 Å². The minimum absolute atomic E-state index is 0.190. The average molecular weight is 241 g/mol. The predicted molar refractivity (Wildman–Crippen MR) is 54.0 cm³/mol. The van der Waals surface area contributed by atoms with Crippen LogP contribution in [0, 0.1) is 0 Å². The number of carbonyl (C=O) groups excluding carboxylic acids is 1. The fraction of sp³-hybridized carbons (Fsp3) is 0.900. The monoisotopic (exact) mass is 241 g/mol. The third-order valence-electron chi connectivity index (χ3n) is 1.77. The van der Waals surface area contributed by atoms with Gasteiger partial charge in [0.25, 0.3) is 0 Å². The van der Waals surface area contributed by atoms with Crippen molar-refractivity contribution in [2.24, 2.45) is 0 Å². The summed E-state index contributed by atoms with van der Waals surface area (Å²) in [4.78, 5) is 11.2. The van der Waals surface area contributed by atoms with Crippen molar-refractivity contribution < 1.29 is 22.7 Å². The van der Waals surface area contributed by atoms with Crippen molar-refractivity contribution in [2.75, 3.05) is 6.61 Å². The van der Waals surface area contributed by atoms with Crippen LogP contribution in [0.25, 0.3) is 0 Å². The molecule has 1 amide bonds. The lowest BCUT2D eigenvalue weighted by molar-refractivity contribution is -0.164. The standard InChI is InChI=1S/C10H18F3NO2/c1-5-7(10(11,12)13)14-8(15)6-16-9(2,3)4/h7H,5-6H2,1-4H3,(H,14,15). The van der Waals surface area contributed by atoms with E-state index in [1.165, 1.54) is 6.92 Å². The smallest absolute Gasteiger partial charge is 0.366 e. The fourth-order valence-electron chi connectivity index (χ4n) is 0.933. The van der Waals surface area contributed by atoms with Crippen molar-refractivity contribution in [1.29, 1.82) is 0 Å². The maximum Gasteiger partial charge on any atom is 0.408 e. The molecule has 0 radical (unpaired) electrons. The normalized spacial score (nSPS) is 14.7. The highest BCUT2D eigenvalue weighted by Crippen LogP contribution is 2.22. The lowest BCUT2D eigenvalue weighted by Gasteiger charge is -2.22. The zero-order chi connectivity index (χ0) is 13.0. The van der Waals surface area contributed by atoms with E-state index in [0.717, 1.165) is 0 Å². The van der Waals surface area contributed by atoms with Crippen molar-refractivity contribution in [3.63, 3.8) is 0 Å². The quantitative estimate of drug-likeness (QED) is 0.819. The third kappa shape index (κ3) is 6.66. The summed E-state index contributed by atoms with van der Waals surface area (Å²) in [6.07, 6.45) is -4.60. The molecule has 1 unspecified atom stereocenters. The maximum absolute atomic E-state index is 12.3. The summed E-state index contributed by atoms with van der Waals surface area (Å²) in [5.41, 5.74) is -0.544. The molecule has 0 fully saturated rings. The second kappa shape index (κ2) is 5.52. The van der Waals surface area contributed by atoms with E-state index < -0.39 is 23.7 Å². The van der Waals surface area contributed by atoms with Crippen LogP contribution >= 0.6 is 0 Å². The Bertz CT molecular complexity index is 233. The third-order valence-corrected chi connectivity index (χ3v) is 1.77. The molecule has 1 atom stereocenters. The van der Waals surface area contributed by atoms with Gasteiger partial charge in [0.05, 0.1) is 5.60 Å². The molecular weight excluding hydrogens is 223 g/mol. The molecule has 0 bridgehead atoms. The van der Waals surface area contributed by atoms with Crippen LogP contribution in [0.1, 0.15) is 34.1 Å². The minimum Gasteiger partial charge on any atom is -0.366 e. The lowest BCUT2D eigenvalue weighted by atomic mass is 10.2. The zero-order valence-electron chi connectivity index (χ0n) is 9.94. The number of halogens is 3. The van der Waals surface area contributed by atoms with E-state index in [2.05, 4.69) is 0 Å². The van der Waals surface area contributed by atoms with E-state index >= 15 is 0 Å². The molecular formula is C10H18F3NO2. The molecule has 6 heteroatoms. The van der Waals surface area contributed by atoms with Gasteiger partial charge < -0.3 is 10.1 Å². The molecule has 0 aromatic heterocycles. The second-order valence-corrected chi connectivity index (χ2v) is 4.47. The van der Waals surface area contributed by atoms with Gasteiger partial charge in [-0.2, -0.15) is 13.2 Å². The van der Waals surface area contributed by atoms with Gasteiger partial charge in [-0.05, 0) is 27.2 Å². The van der Waals surface area contributed by atoms with Crippen molar-refractivity contribution in [1.82, 2.24) is 5.32 Å². The summed E-state index contributed by atoms with van der Waals surface area (Å²) in [5, 5.41) is 1.89. The summed E-state index contributed by atoms with van der Waals surface area (Å²) >= 11 is 0. The first-order chi connectivity index (χ1) is 7.06. The molecule has 0 spiro atoms. The van der Waals surface area contributed by atoms with E-state index in [-0.39, 0.29) is 13.0 Å². The Morgan fingerprint density at radius 2 is 1.81 bits per heavy atom. The number of ether oxygens (including phenoxy) is 1. The molecule has 0 aliphatic rings. The SMILES string of the molecule is CCC(NC(=O)COC(C)(C)C)C(F)(F)F. The van der Waals surface area contributed by atoms with E-state index in [1.54, 1.807) is 20.8 Å². The van der Waals surface area contributed by atoms with Crippen molar-refractivity contribution >= 4 is 5.91 Å². The number of hydrogen-bond donors (Lipinski definition) is 1. The van der Waals surface area contributed by atoms with Crippen LogP contribution in [-0.4, -0.2) is 30.3 Å². The Labute approximate surface area is 93.3 Å². The molecule has 0 heterocycles. The van der Waals surface area contributed by atoms with Crippen LogP contribution in [0.3, 0.4) is 0 Å². The summed E-state index contributed by atoms with van der Waals surface area (Å²) in [5.74, 6) is -0.751. The van der Waals surface area contributed by atoms with E-state index in [9.17, 15) is 18.0 Å². The average Bonchev–Trinajstić information content (AvgIpc) is 2.07. The first-order valence-electron chi connectivity index (χ1n) is 5.06. The Morgan fingerprint density at radius 3 is 2.12 bits per heavy atom. The second-order valence-electron chi connectivity index (χ2n) is 4.47. The molecule has 0 aromatic rings. The van der Waals surface area contributed by atoms with E-state index in [0.29, 0.717) is 0 Å². The van der Waals surface area contributed by atoms with Gasteiger partial charge in [0.1, 0.15) is 12.6 Å². The lowest BCUT2D eigenvalue weighted by Crippen LogP contribution is -2.46. The highest BCUT2D eigenvalue weighted by Gasteiger charge is 2.39. The Morgan fingerprint density at radius 1 is 1.31 bits per heavy atom. The van der Waals surface area contributed by atoms with Crippen LogP contribution in [0.2, 0.25) is 0 Å². The fourth-order valence-corrected chi connectivity index (χ4v) is 0.933. The van der Waals surface area contributed by atoms with Gasteiger partial charge >= 0.3 is 6.18 Å². The number of rotatable bonds is 4. The Hall–Kier alpha value is -0.780.